The standard InChI is InChI=1S/C24H22N2O2/c1-28-21-12-10-18(11-13-21)17-6-8-19(9-7-17)24(27)25-15-14-20-16-26-23-5-3-2-4-22(20)23/h2-13,16,26H,14-15H2,1H3,(H,25,27). The number of fused-ring (bicyclic) bond motifs is 1. The molecule has 0 saturated carbocycles. The van der Waals surface area contributed by atoms with Crippen molar-refractivity contribution in [3.05, 3.63) is 90.1 Å². The molecule has 1 amide bonds. The fourth-order valence-corrected chi connectivity index (χ4v) is 3.35. The Labute approximate surface area is 164 Å². The van der Waals surface area contributed by atoms with Gasteiger partial charge in [-0.3, -0.25) is 4.79 Å². The normalized spacial score (nSPS) is 10.8. The van der Waals surface area contributed by atoms with Crippen molar-refractivity contribution in [2.75, 3.05) is 13.7 Å². The minimum atomic E-state index is -0.0545. The Morgan fingerprint density at radius 2 is 1.61 bits per heavy atom. The number of aromatic amines is 1. The fraction of sp³-hybridized carbons (Fsp3) is 0.125. The van der Waals surface area contributed by atoms with E-state index in [2.05, 4.69) is 22.4 Å². The molecular weight excluding hydrogens is 348 g/mol. The first-order valence-electron chi connectivity index (χ1n) is 9.32. The molecule has 4 aromatic rings. The second kappa shape index (κ2) is 8.01. The number of amides is 1. The fourth-order valence-electron chi connectivity index (χ4n) is 3.35. The van der Waals surface area contributed by atoms with Crippen molar-refractivity contribution in [1.82, 2.24) is 10.3 Å². The topological polar surface area (TPSA) is 54.1 Å². The molecule has 4 rings (SSSR count). The van der Waals surface area contributed by atoms with Crippen LogP contribution in [0.1, 0.15) is 15.9 Å². The largest absolute Gasteiger partial charge is 0.497 e. The second-order valence-corrected chi connectivity index (χ2v) is 6.67. The molecule has 0 fully saturated rings. The van der Waals surface area contributed by atoms with E-state index >= 15 is 0 Å². The molecule has 0 aliphatic heterocycles. The number of rotatable bonds is 6. The SMILES string of the molecule is COc1ccc(-c2ccc(C(=O)NCCc3c[nH]c4ccccc34)cc2)cc1. The predicted molar refractivity (Wildman–Crippen MR) is 113 cm³/mol. The van der Waals surface area contributed by atoms with Gasteiger partial charge in [0.05, 0.1) is 7.11 Å². The molecule has 140 valence electrons. The van der Waals surface area contributed by atoms with E-state index in [-0.39, 0.29) is 5.91 Å². The van der Waals surface area contributed by atoms with Gasteiger partial charge in [0.1, 0.15) is 5.75 Å². The first kappa shape index (κ1) is 17.9. The predicted octanol–water partition coefficient (Wildman–Crippen LogP) is 4.82. The molecule has 28 heavy (non-hydrogen) atoms. The molecule has 2 N–H and O–H groups in total. The zero-order valence-electron chi connectivity index (χ0n) is 15.7. The van der Waals surface area contributed by atoms with Crippen molar-refractivity contribution in [2.45, 2.75) is 6.42 Å². The van der Waals surface area contributed by atoms with Gasteiger partial charge in [-0.05, 0) is 53.4 Å². The van der Waals surface area contributed by atoms with E-state index in [1.54, 1.807) is 7.11 Å². The summed E-state index contributed by atoms with van der Waals surface area (Å²) in [7, 11) is 1.65. The Kier molecular flexibility index (Phi) is 5.11. The van der Waals surface area contributed by atoms with Gasteiger partial charge in [0.15, 0.2) is 0 Å². The van der Waals surface area contributed by atoms with Crippen LogP contribution in [0.25, 0.3) is 22.0 Å². The van der Waals surface area contributed by atoms with Crippen molar-refractivity contribution in [2.24, 2.45) is 0 Å². The van der Waals surface area contributed by atoms with Gasteiger partial charge in [-0.2, -0.15) is 0 Å². The number of ether oxygens (including phenoxy) is 1. The highest BCUT2D eigenvalue weighted by Gasteiger charge is 2.07. The van der Waals surface area contributed by atoms with Gasteiger partial charge in [0.25, 0.3) is 5.91 Å². The van der Waals surface area contributed by atoms with Gasteiger partial charge in [-0.25, -0.2) is 0 Å². The lowest BCUT2D eigenvalue weighted by Crippen LogP contribution is -2.25. The molecule has 0 aliphatic carbocycles. The zero-order valence-corrected chi connectivity index (χ0v) is 15.7. The molecule has 0 unspecified atom stereocenters. The van der Waals surface area contributed by atoms with E-state index in [1.165, 1.54) is 10.9 Å². The molecule has 0 bridgehead atoms. The number of carbonyl (C=O) groups is 1. The lowest BCUT2D eigenvalue weighted by Gasteiger charge is -2.07. The zero-order chi connectivity index (χ0) is 19.3. The highest BCUT2D eigenvalue weighted by atomic mass is 16.5. The van der Waals surface area contributed by atoms with Gasteiger partial charge >= 0.3 is 0 Å². The number of nitrogens with one attached hydrogen (secondary N) is 2. The molecule has 0 radical (unpaired) electrons. The van der Waals surface area contributed by atoms with Crippen LogP contribution < -0.4 is 10.1 Å². The highest BCUT2D eigenvalue weighted by molar-refractivity contribution is 5.94. The van der Waals surface area contributed by atoms with Crippen LogP contribution in [-0.2, 0) is 6.42 Å². The van der Waals surface area contributed by atoms with Crippen LogP contribution in [0.4, 0.5) is 0 Å². The molecule has 0 spiro atoms. The van der Waals surface area contributed by atoms with Crippen molar-refractivity contribution < 1.29 is 9.53 Å². The number of benzene rings is 3. The van der Waals surface area contributed by atoms with Gasteiger partial charge in [-0.15, -0.1) is 0 Å². The van der Waals surface area contributed by atoms with Crippen LogP contribution in [0.15, 0.2) is 79.0 Å². The summed E-state index contributed by atoms with van der Waals surface area (Å²) >= 11 is 0. The summed E-state index contributed by atoms with van der Waals surface area (Å²) in [5.74, 6) is 0.774. The van der Waals surface area contributed by atoms with E-state index in [0.29, 0.717) is 12.1 Å². The number of aromatic nitrogens is 1. The van der Waals surface area contributed by atoms with Gasteiger partial charge in [0, 0.05) is 29.2 Å². The third-order valence-corrected chi connectivity index (χ3v) is 4.93. The van der Waals surface area contributed by atoms with Crippen LogP contribution in [0, 0.1) is 0 Å². The summed E-state index contributed by atoms with van der Waals surface area (Å²) in [4.78, 5) is 15.7. The number of para-hydroxylation sites is 1. The lowest BCUT2D eigenvalue weighted by atomic mass is 10.0. The van der Waals surface area contributed by atoms with Gasteiger partial charge in [-0.1, -0.05) is 42.5 Å². The minimum Gasteiger partial charge on any atom is -0.497 e. The molecule has 0 saturated heterocycles. The molecule has 1 heterocycles. The Balaban J connectivity index is 1.36. The second-order valence-electron chi connectivity index (χ2n) is 6.67. The first-order chi connectivity index (χ1) is 13.7. The average molecular weight is 370 g/mol. The summed E-state index contributed by atoms with van der Waals surface area (Å²) in [6.07, 6.45) is 2.81. The number of H-pyrrole nitrogens is 1. The third-order valence-electron chi connectivity index (χ3n) is 4.93. The Morgan fingerprint density at radius 3 is 2.32 bits per heavy atom. The third kappa shape index (κ3) is 3.76. The van der Waals surface area contributed by atoms with E-state index in [0.717, 1.165) is 28.8 Å². The molecule has 4 nitrogen and oxygen atoms in total. The quantitative estimate of drug-likeness (QED) is 0.511. The summed E-state index contributed by atoms with van der Waals surface area (Å²) in [6, 6.07) is 23.7. The maximum Gasteiger partial charge on any atom is 0.251 e. The van der Waals surface area contributed by atoms with Crippen LogP contribution >= 0.6 is 0 Å². The summed E-state index contributed by atoms with van der Waals surface area (Å²) in [6.45, 7) is 0.598. The Hall–Kier alpha value is -3.53. The van der Waals surface area contributed by atoms with E-state index in [4.69, 9.17) is 4.74 Å². The summed E-state index contributed by atoms with van der Waals surface area (Å²) < 4.78 is 5.19. The number of hydrogen-bond acceptors (Lipinski definition) is 2. The van der Waals surface area contributed by atoms with Crippen LogP contribution in [0.5, 0.6) is 5.75 Å². The van der Waals surface area contributed by atoms with Crippen molar-refractivity contribution in [3.8, 4) is 16.9 Å². The van der Waals surface area contributed by atoms with E-state index in [9.17, 15) is 4.79 Å². The number of methoxy groups -OCH3 is 1. The first-order valence-corrected chi connectivity index (χ1v) is 9.32. The average Bonchev–Trinajstić information content (AvgIpc) is 3.17. The smallest absolute Gasteiger partial charge is 0.251 e. The molecule has 4 heteroatoms. The van der Waals surface area contributed by atoms with Crippen molar-refractivity contribution in [3.63, 3.8) is 0 Å². The Morgan fingerprint density at radius 1 is 0.929 bits per heavy atom. The van der Waals surface area contributed by atoms with Gasteiger partial charge < -0.3 is 15.0 Å². The highest BCUT2D eigenvalue weighted by Crippen LogP contribution is 2.23. The van der Waals surface area contributed by atoms with Crippen LogP contribution in [0.2, 0.25) is 0 Å². The van der Waals surface area contributed by atoms with E-state index < -0.39 is 0 Å². The van der Waals surface area contributed by atoms with Crippen LogP contribution in [0.3, 0.4) is 0 Å². The number of hydrogen-bond donors (Lipinski definition) is 2. The van der Waals surface area contributed by atoms with E-state index in [1.807, 2.05) is 66.9 Å². The van der Waals surface area contributed by atoms with Crippen molar-refractivity contribution >= 4 is 16.8 Å². The van der Waals surface area contributed by atoms with Crippen LogP contribution in [-0.4, -0.2) is 24.5 Å². The number of carbonyl (C=O) groups excluding carboxylic acids is 1. The van der Waals surface area contributed by atoms with Crippen molar-refractivity contribution in [1.29, 1.82) is 0 Å². The molecular formula is C24H22N2O2. The lowest BCUT2D eigenvalue weighted by molar-refractivity contribution is 0.0954. The molecule has 1 aromatic heterocycles. The maximum atomic E-state index is 12.4. The molecule has 3 aromatic carbocycles. The monoisotopic (exact) mass is 370 g/mol. The van der Waals surface area contributed by atoms with Gasteiger partial charge in [0.2, 0.25) is 0 Å². The summed E-state index contributed by atoms with van der Waals surface area (Å²) in [5, 5.41) is 4.22. The summed E-state index contributed by atoms with van der Waals surface area (Å²) in [5.41, 5.74) is 5.16. The molecule has 0 aliphatic rings. The minimum absolute atomic E-state index is 0.0545. The Bertz CT molecular complexity index is 1080. The molecule has 0 atom stereocenters. The maximum absolute atomic E-state index is 12.4.